The molecule has 0 fully saturated rings. The quantitative estimate of drug-likeness (QED) is 0.658. The second kappa shape index (κ2) is 5.05. The van der Waals surface area contributed by atoms with E-state index in [1.165, 1.54) is 6.07 Å². The highest BCUT2D eigenvalue weighted by atomic mass is 35.5. The molecular weight excluding hydrogens is 256 g/mol. The van der Waals surface area contributed by atoms with Gasteiger partial charge in [-0.2, -0.15) is 0 Å². The predicted octanol–water partition coefficient (Wildman–Crippen LogP) is 2.89. The highest BCUT2D eigenvalue weighted by Gasteiger charge is 2.14. The Morgan fingerprint density at radius 3 is 2.94 bits per heavy atom. The minimum Gasteiger partial charge on any atom is -0.374 e. The summed E-state index contributed by atoms with van der Waals surface area (Å²) in [5.74, 6) is 0. The zero-order valence-electron chi connectivity index (χ0n) is 9.61. The summed E-state index contributed by atoms with van der Waals surface area (Å²) in [5.41, 5.74) is 2.13. The number of anilines is 1. The summed E-state index contributed by atoms with van der Waals surface area (Å²) in [5, 5.41) is 14.2. The van der Waals surface area contributed by atoms with Crippen molar-refractivity contribution in [3.8, 4) is 0 Å². The van der Waals surface area contributed by atoms with Crippen molar-refractivity contribution in [2.45, 2.75) is 13.5 Å². The molecule has 0 saturated carbocycles. The maximum Gasteiger partial charge on any atom is 0.293 e. The summed E-state index contributed by atoms with van der Waals surface area (Å²) in [6, 6.07) is 4.51. The van der Waals surface area contributed by atoms with Crippen LogP contribution in [-0.4, -0.2) is 14.9 Å². The Labute approximate surface area is 108 Å². The van der Waals surface area contributed by atoms with Crippen molar-refractivity contribution in [3.63, 3.8) is 0 Å². The number of nitro groups is 1. The van der Waals surface area contributed by atoms with E-state index < -0.39 is 4.92 Å². The van der Waals surface area contributed by atoms with Gasteiger partial charge < -0.3 is 10.3 Å². The second-order valence-corrected chi connectivity index (χ2v) is 4.18. The Kier molecular flexibility index (Phi) is 3.47. The summed E-state index contributed by atoms with van der Waals surface area (Å²) >= 11 is 5.74. The van der Waals surface area contributed by atoms with Crippen LogP contribution in [-0.2, 0) is 6.54 Å². The van der Waals surface area contributed by atoms with Crippen molar-refractivity contribution in [2.24, 2.45) is 0 Å². The molecule has 2 N–H and O–H groups in total. The zero-order chi connectivity index (χ0) is 13.1. The number of halogens is 1. The number of H-pyrrole nitrogens is 1. The summed E-state index contributed by atoms with van der Waals surface area (Å²) < 4.78 is 0. The molecule has 18 heavy (non-hydrogen) atoms. The molecular formula is C11H11ClN4O2. The van der Waals surface area contributed by atoms with Crippen molar-refractivity contribution < 1.29 is 4.92 Å². The fourth-order valence-electron chi connectivity index (χ4n) is 1.55. The number of imidazole rings is 1. The van der Waals surface area contributed by atoms with Crippen LogP contribution in [0.1, 0.15) is 11.4 Å². The van der Waals surface area contributed by atoms with Crippen molar-refractivity contribution in [1.82, 2.24) is 9.97 Å². The largest absolute Gasteiger partial charge is 0.374 e. The van der Waals surface area contributed by atoms with Gasteiger partial charge in [-0.3, -0.25) is 10.1 Å². The van der Waals surface area contributed by atoms with E-state index in [0.717, 1.165) is 11.4 Å². The first kappa shape index (κ1) is 12.4. The maximum atomic E-state index is 10.9. The first-order valence-electron chi connectivity index (χ1n) is 5.24. The lowest BCUT2D eigenvalue weighted by Gasteiger charge is -2.06. The van der Waals surface area contributed by atoms with Gasteiger partial charge in [0.2, 0.25) is 0 Å². The molecule has 0 saturated heterocycles. The Bertz CT molecular complexity index is 582. The molecule has 1 aromatic heterocycles. The molecule has 7 heteroatoms. The SMILES string of the molecule is Cc1[nH]cnc1CNc1ccc(Cl)cc1[N+](=O)[O-]. The van der Waals surface area contributed by atoms with E-state index in [-0.39, 0.29) is 5.69 Å². The molecule has 0 radical (unpaired) electrons. The summed E-state index contributed by atoms with van der Waals surface area (Å²) in [6.45, 7) is 2.30. The van der Waals surface area contributed by atoms with Crippen molar-refractivity contribution >= 4 is 23.0 Å². The van der Waals surface area contributed by atoms with Gasteiger partial charge in [0.1, 0.15) is 5.69 Å². The van der Waals surface area contributed by atoms with Gasteiger partial charge in [0.15, 0.2) is 0 Å². The molecule has 0 unspecified atom stereocenters. The van der Waals surface area contributed by atoms with Crippen molar-refractivity contribution in [3.05, 3.63) is 51.1 Å². The molecule has 2 aromatic rings. The summed E-state index contributed by atoms with van der Waals surface area (Å²) in [7, 11) is 0. The lowest BCUT2D eigenvalue weighted by molar-refractivity contribution is -0.383. The zero-order valence-corrected chi connectivity index (χ0v) is 10.4. The van der Waals surface area contributed by atoms with Crippen LogP contribution in [0, 0.1) is 17.0 Å². The van der Waals surface area contributed by atoms with Crippen LogP contribution in [0.3, 0.4) is 0 Å². The van der Waals surface area contributed by atoms with Crippen molar-refractivity contribution in [1.29, 1.82) is 0 Å². The van der Waals surface area contributed by atoms with E-state index in [9.17, 15) is 10.1 Å². The molecule has 0 aliphatic heterocycles. The van der Waals surface area contributed by atoms with Gasteiger partial charge in [-0.1, -0.05) is 11.6 Å². The number of nitro benzene ring substituents is 1. The van der Waals surface area contributed by atoms with E-state index in [0.29, 0.717) is 17.3 Å². The number of hydrogen-bond donors (Lipinski definition) is 2. The first-order chi connectivity index (χ1) is 8.58. The number of nitrogens with one attached hydrogen (secondary N) is 2. The average Bonchev–Trinajstić information content (AvgIpc) is 2.73. The van der Waals surface area contributed by atoms with E-state index >= 15 is 0 Å². The molecule has 6 nitrogen and oxygen atoms in total. The number of rotatable bonds is 4. The lowest BCUT2D eigenvalue weighted by atomic mass is 10.2. The number of hydrogen-bond acceptors (Lipinski definition) is 4. The molecule has 0 bridgehead atoms. The summed E-state index contributed by atoms with van der Waals surface area (Å²) in [6.07, 6.45) is 1.59. The van der Waals surface area contributed by atoms with Gasteiger partial charge in [0.05, 0.1) is 23.5 Å². The van der Waals surface area contributed by atoms with Gasteiger partial charge in [0.25, 0.3) is 5.69 Å². The van der Waals surface area contributed by atoms with Gasteiger partial charge in [0, 0.05) is 16.8 Å². The standard InChI is InChI=1S/C11H11ClN4O2/c1-7-10(15-6-14-7)5-13-9-3-2-8(12)4-11(9)16(17)18/h2-4,6,13H,5H2,1H3,(H,14,15). The third-order valence-corrected chi connectivity index (χ3v) is 2.77. The topological polar surface area (TPSA) is 83.8 Å². The van der Waals surface area contributed by atoms with Crippen LogP contribution < -0.4 is 5.32 Å². The fraction of sp³-hybridized carbons (Fsp3) is 0.182. The minimum absolute atomic E-state index is 0.0457. The maximum absolute atomic E-state index is 10.9. The van der Waals surface area contributed by atoms with E-state index in [2.05, 4.69) is 15.3 Å². The molecule has 0 spiro atoms. The lowest BCUT2D eigenvalue weighted by Crippen LogP contribution is -2.04. The van der Waals surface area contributed by atoms with Crippen LogP contribution >= 0.6 is 11.6 Å². The van der Waals surface area contributed by atoms with E-state index in [4.69, 9.17) is 11.6 Å². The monoisotopic (exact) mass is 266 g/mol. The smallest absolute Gasteiger partial charge is 0.293 e. The van der Waals surface area contributed by atoms with Crippen LogP contribution in [0.4, 0.5) is 11.4 Å². The Hall–Kier alpha value is -2.08. The van der Waals surface area contributed by atoms with Crippen LogP contribution in [0.5, 0.6) is 0 Å². The van der Waals surface area contributed by atoms with Gasteiger partial charge in [-0.25, -0.2) is 4.98 Å². The first-order valence-corrected chi connectivity index (χ1v) is 5.62. The molecule has 0 aliphatic carbocycles. The second-order valence-electron chi connectivity index (χ2n) is 3.75. The number of nitrogens with zero attached hydrogens (tertiary/aromatic N) is 2. The van der Waals surface area contributed by atoms with Gasteiger partial charge in [-0.15, -0.1) is 0 Å². The van der Waals surface area contributed by atoms with Crippen molar-refractivity contribution in [2.75, 3.05) is 5.32 Å². The Morgan fingerprint density at radius 1 is 1.56 bits per heavy atom. The predicted molar refractivity (Wildman–Crippen MR) is 68.8 cm³/mol. The molecule has 0 amide bonds. The van der Waals surface area contributed by atoms with Crippen LogP contribution in [0.2, 0.25) is 5.02 Å². The third-order valence-electron chi connectivity index (χ3n) is 2.54. The average molecular weight is 267 g/mol. The highest BCUT2D eigenvalue weighted by molar-refractivity contribution is 6.30. The normalized spacial score (nSPS) is 10.3. The highest BCUT2D eigenvalue weighted by Crippen LogP contribution is 2.28. The fourth-order valence-corrected chi connectivity index (χ4v) is 1.72. The van der Waals surface area contributed by atoms with Crippen LogP contribution in [0.15, 0.2) is 24.5 Å². The third kappa shape index (κ3) is 2.60. The summed E-state index contributed by atoms with van der Waals surface area (Å²) in [4.78, 5) is 17.5. The van der Waals surface area contributed by atoms with Gasteiger partial charge >= 0.3 is 0 Å². The molecule has 2 rings (SSSR count). The number of aromatic nitrogens is 2. The Morgan fingerprint density at radius 2 is 2.33 bits per heavy atom. The Balaban J connectivity index is 2.19. The van der Waals surface area contributed by atoms with Crippen LogP contribution in [0.25, 0.3) is 0 Å². The molecule has 0 aliphatic rings. The number of benzene rings is 1. The van der Waals surface area contributed by atoms with Gasteiger partial charge in [-0.05, 0) is 19.1 Å². The van der Waals surface area contributed by atoms with E-state index in [1.54, 1.807) is 18.5 Å². The molecule has 94 valence electrons. The minimum atomic E-state index is -0.467. The molecule has 1 heterocycles. The van der Waals surface area contributed by atoms with E-state index in [1.807, 2.05) is 6.92 Å². The number of aryl methyl sites for hydroxylation is 1. The number of aromatic amines is 1. The molecule has 1 aromatic carbocycles. The molecule has 0 atom stereocenters.